The largest absolute Gasteiger partial charge is 0.490 e. The highest BCUT2D eigenvalue weighted by Gasteiger charge is 2.14. The van der Waals surface area contributed by atoms with E-state index < -0.39 is 4.92 Å². The first-order chi connectivity index (χ1) is 11.5. The van der Waals surface area contributed by atoms with E-state index in [2.05, 4.69) is 10.6 Å². The summed E-state index contributed by atoms with van der Waals surface area (Å²) < 4.78 is 5.04. The van der Waals surface area contributed by atoms with Crippen LogP contribution in [-0.4, -0.2) is 24.5 Å². The van der Waals surface area contributed by atoms with Crippen molar-refractivity contribution in [3.8, 4) is 5.75 Å². The third-order valence-electron chi connectivity index (χ3n) is 3.43. The number of nitro benzene ring substituents is 1. The van der Waals surface area contributed by atoms with Crippen LogP contribution in [0.5, 0.6) is 5.75 Å². The number of hydrogen-bond acceptors (Lipinski definition) is 5. The van der Waals surface area contributed by atoms with Gasteiger partial charge in [-0.1, -0.05) is 12.1 Å². The zero-order valence-corrected chi connectivity index (χ0v) is 13.5. The molecule has 0 aromatic heterocycles. The zero-order valence-electron chi connectivity index (χ0n) is 13.5. The van der Waals surface area contributed by atoms with E-state index in [0.29, 0.717) is 24.3 Å². The van der Waals surface area contributed by atoms with Crippen molar-refractivity contribution < 1.29 is 14.5 Å². The van der Waals surface area contributed by atoms with Crippen molar-refractivity contribution in [3.05, 3.63) is 63.7 Å². The van der Waals surface area contributed by atoms with E-state index in [9.17, 15) is 14.9 Å². The lowest BCUT2D eigenvalue weighted by Gasteiger charge is -2.09. The molecule has 0 bridgehead atoms. The average molecular weight is 329 g/mol. The lowest BCUT2D eigenvalue weighted by molar-refractivity contribution is -0.385. The van der Waals surface area contributed by atoms with Gasteiger partial charge in [-0.2, -0.15) is 0 Å². The fraction of sp³-hybridized carbons (Fsp3) is 0.235. The fourth-order valence-electron chi connectivity index (χ4n) is 2.18. The second kappa shape index (κ2) is 7.96. The molecular formula is C17H19N3O4. The molecule has 0 aliphatic heterocycles. The molecule has 2 N–H and O–H groups in total. The number of anilines is 1. The van der Waals surface area contributed by atoms with E-state index >= 15 is 0 Å². The van der Waals surface area contributed by atoms with Crippen LogP contribution >= 0.6 is 0 Å². The summed E-state index contributed by atoms with van der Waals surface area (Å²) in [6.07, 6.45) is 0. The van der Waals surface area contributed by atoms with E-state index in [1.165, 1.54) is 13.2 Å². The second-order valence-corrected chi connectivity index (χ2v) is 5.05. The summed E-state index contributed by atoms with van der Waals surface area (Å²) in [7, 11) is 1.40. The van der Waals surface area contributed by atoms with Crippen molar-refractivity contribution >= 4 is 17.3 Å². The first-order valence-corrected chi connectivity index (χ1v) is 7.48. The Labute approximate surface area is 139 Å². The molecule has 0 saturated carbocycles. The second-order valence-electron chi connectivity index (χ2n) is 5.05. The van der Waals surface area contributed by atoms with E-state index in [1.54, 1.807) is 24.3 Å². The van der Waals surface area contributed by atoms with Crippen LogP contribution < -0.4 is 15.4 Å². The van der Waals surface area contributed by atoms with Crippen molar-refractivity contribution in [1.82, 2.24) is 5.32 Å². The molecule has 2 aromatic rings. The van der Waals surface area contributed by atoms with E-state index in [-0.39, 0.29) is 17.3 Å². The minimum atomic E-state index is -0.483. The van der Waals surface area contributed by atoms with Gasteiger partial charge in [0.2, 0.25) is 0 Å². The van der Waals surface area contributed by atoms with Gasteiger partial charge in [-0.05, 0) is 30.7 Å². The SMILES string of the molecule is CCNC(=O)c1ccc(CNc2ccc([N+](=O)[O-])c(OC)c2)cc1. The minimum Gasteiger partial charge on any atom is -0.490 e. The topological polar surface area (TPSA) is 93.5 Å². The molecular weight excluding hydrogens is 310 g/mol. The third-order valence-corrected chi connectivity index (χ3v) is 3.43. The first-order valence-electron chi connectivity index (χ1n) is 7.48. The number of nitrogens with zero attached hydrogens (tertiary/aromatic N) is 1. The first kappa shape index (κ1) is 17.3. The molecule has 0 atom stereocenters. The maximum absolute atomic E-state index is 11.7. The molecule has 2 aromatic carbocycles. The summed E-state index contributed by atoms with van der Waals surface area (Å²) in [6, 6.07) is 11.9. The molecule has 0 aliphatic carbocycles. The normalized spacial score (nSPS) is 10.1. The van der Waals surface area contributed by atoms with Gasteiger partial charge in [0, 0.05) is 36.5 Å². The molecule has 0 heterocycles. The molecule has 0 fully saturated rings. The van der Waals surface area contributed by atoms with Gasteiger partial charge in [0.1, 0.15) is 0 Å². The van der Waals surface area contributed by atoms with E-state index in [4.69, 9.17) is 4.74 Å². The van der Waals surface area contributed by atoms with Gasteiger partial charge in [-0.3, -0.25) is 14.9 Å². The number of amides is 1. The summed E-state index contributed by atoms with van der Waals surface area (Å²) in [4.78, 5) is 22.1. The number of benzene rings is 2. The van der Waals surface area contributed by atoms with Gasteiger partial charge in [0.15, 0.2) is 5.75 Å². The van der Waals surface area contributed by atoms with E-state index in [1.807, 2.05) is 19.1 Å². The van der Waals surface area contributed by atoms with Crippen molar-refractivity contribution in [1.29, 1.82) is 0 Å². The van der Waals surface area contributed by atoms with Crippen molar-refractivity contribution in [2.75, 3.05) is 19.0 Å². The third kappa shape index (κ3) is 4.22. The predicted molar refractivity (Wildman–Crippen MR) is 91.4 cm³/mol. The van der Waals surface area contributed by atoms with Gasteiger partial charge in [0.05, 0.1) is 12.0 Å². The highest BCUT2D eigenvalue weighted by atomic mass is 16.6. The summed E-state index contributed by atoms with van der Waals surface area (Å²) >= 11 is 0. The number of carbonyl (C=O) groups excluding carboxylic acids is 1. The number of methoxy groups -OCH3 is 1. The molecule has 7 nitrogen and oxygen atoms in total. The van der Waals surface area contributed by atoms with Gasteiger partial charge < -0.3 is 15.4 Å². The zero-order chi connectivity index (χ0) is 17.5. The predicted octanol–water partition coefficient (Wildman–Crippen LogP) is 2.97. The summed E-state index contributed by atoms with van der Waals surface area (Å²) in [5.74, 6) is 0.105. The van der Waals surface area contributed by atoms with Crippen LogP contribution in [0.2, 0.25) is 0 Å². The molecule has 126 valence electrons. The average Bonchev–Trinajstić information content (AvgIpc) is 2.60. The smallest absolute Gasteiger partial charge is 0.311 e. The Morgan fingerprint density at radius 3 is 2.50 bits per heavy atom. The molecule has 0 unspecified atom stereocenters. The number of hydrogen-bond donors (Lipinski definition) is 2. The van der Waals surface area contributed by atoms with Crippen molar-refractivity contribution in [2.45, 2.75) is 13.5 Å². The van der Waals surface area contributed by atoms with Crippen LogP contribution in [0.15, 0.2) is 42.5 Å². The number of nitro groups is 1. The standard InChI is InChI=1S/C17H19N3O4/c1-3-18-17(21)13-6-4-12(5-7-13)11-19-14-8-9-15(20(22)23)16(10-14)24-2/h4-10,19H,3,11H2,1-2H3,(H,18,21). The highest BCUT2D eigenvalue weighted by Crippen LogP contribution is 2.29. The van der Waals surface area contributed by atoms with Crippen LogP contribution in [0.3, 0.4) is 0 Å². The summed E-state index contributed by atoms with van der Waals surface area (Å²) in [5.41, 5.74) is 2.23. The molecule has 0 saturated heterocycles. The fourth-order valence-corrected chi connectivity index (χ4v) is 2.18. The monoisotopic (exact) mass is 329 g/mol. The molecule has 7 heteroatoms. The molecule has 24 heavy (non-hydrogen) atoms. The van der Waals surface area contributed by atoms with Gasteiger partial charge in [-0.15, -0.1) is 0 Å². The van der Waals surface area contributed by atoms with Gasteiger partial charge in [0.25, 0.3) is 5.91 Å². The van der Waals surface area contributed by atoms with Crippen molar-refractivity contribution in [3.63, 3.8) is 0 Å². The maximum atomic E-state index is 11.7. The molecule has 0 spiro atoms. The molecule has 0 radical (unpaired) electrons. The number of rotatable bonds is 7. The Balaban J connectivity index is 2.03. The minimum absolute atomic E-state index is 0.0747. The van der Waals surface area contributed by atoms with Gasteiger partial charge in [-0.25, -0.2) is 0 Å². The number of carbonyl (C=O) groups is 1. The van der Waals surface area contributed by atoms with Crippen molar-refractivity contribution in [2.24, 2.45) is 0 Å². The van der Waals surface area contributed by atoms with Gasteiger partial charge >= 0.3 is 5.69 Å². The lowest BCUT2D eigenvalue weighted by Crippen LogP contribution is -2.22. The van der Waals surface area contributed by atoms with Crippen LogP contribution in [0.4, 0.5) is 11.4 Å². The molecule has 2 rings (SSSR count). The molecule has 0 aliphatic rings. The van der Waals surface area contributed by atoms with Crippen LogP contribution in [-0.2, 0) is 6.54 Å². The Morgan fingerprint density at radius 2 is 1.92 bits per heavy atom. The van der Waals surface area contributed by atoms with E-state index in [0.717, 1.165) is 5.56 Å². The number of nitrogens with one attached hydrogen (secondary N) is 2. The quantitative estimate of drug-likeness (QED) is 0.602. The summed E-state index contributed by atoms with van der Waals surface area (Å²) in [6.45, 7) is 2.98. The maximum Gasteiger partial charge on any atom is 0.311 e. The van der Waals surface area contributed by atoms with Crippen LogP contribution in [0.25, 0.3) is 0 Å². The molecule has 1 amide bonds. The Morgan fingerprint density at radius 1 is 1.21 bits per heavy atom. The Bertz CT molecular complexity index is 729. The summed E-state index contributed by atoms with van der Waals surface area (Å²) in [5, 5.41) is 16.8. The number of ether oxygens (including phenoxy) is 1. The Hall–Kier alpha value is -3.09. The lowest BCUT2D eigenvalue weighted by atomic mass is 10.1. The van der Waals surface area contributed by atoms with Crippen LogP contribution in [0, 0.1) is 10.1 Å². The Kier molecular flexibility index (Phi) is 5.73. The van der Waals surface area contributed by atoms with Crippen LogP contribution in [0.1, 0.15) is 22.8 Å². The highest BCUT2D eigenvalue weighted by molar-refractivity contribution is 5.94.